The molecule has 1 amide bonds. The van der Waals surface area contributed by atoms with Gasteiger partial charge in [-0.3, -0.25) is 4.79 Å². The van der Waals surface area contributed by atoms with E-state index in [1.807, 2.05) is 30.3 Å². The van der Waals surface area contributed by atoms with Crippen molar-refractivity contribution in [2.75, 3.05) is 11.1 Å². The Kier molecular flexibility index (Phi) is 5.88. The quantitative estimate of drug-likeness (QED) is 0.792. The number of aryl methyl sites for hydroxylation is 2. The number of hydrogen-bond donors (Lipinski definition) is 1. The highest BCUT2D eigenvalue weighted by Crippen LogP contribution is 2.17. The highest BCUT2D eigenvalue weighted by atomic mass is 32.2. The Morgan fingerprint density at radius 2 is 1.71 bits per heavy atom. The van der Waals surface area contributed by atoms with Crippen molar-refractivity contribution >= 4 is 23.4 Å². The summed E-state index contributed by atoms with van der Waals surface area (Å²) in [6.07, 6.45) is 0.546. The number of rotatable bonds is 6. The minimum absolute atomic E-state index is 0.0779. The van der Waals surface area contributed by atoms with Crippen LogP contribution in [0.1, 0.15) is 23.1 Å². The summed E-state index contributed by atoms with van der Waals surface area (Å²) in [7, 11) is 0. The summed E-state index contributed by atoms with van der Waals surface area (Å²) in [6, 6.07) is 16.2. The van der Waals surface area contributed by atoms with Crippen molar-refractivity contribution in [3.8, 4) is 0 Å². The molecule has 0 saturated heterocycles. The lowest BCUT2D eigenvalue weighted by molar-refractivity contribution is -0.115. The Balaban J connectivity index is 1.71. The van der Waals surface area contributed by atoms with Crippen LogP contribution in [-0.2, 0) is 10.5 Å². The van der Waals surface area contributed by atoms with Crippen LogP contribution in [0.4, 0.5) is 5.69 Å². The summed E-state index contributed by atoms with van der Waals surface area (Å²) in [5, 5.41) is 2.91. The molecule has 21 heavy (non-hydrogen) atoms. The largest absolute Gasteiger partial charge is 0.326 e. The first-order valence-electron chi connectivity index (χ1n) is 7.13. The SMILES string of the molecule is Cc1cc(C)cc(CSCCC(=O)Nc2ccccc2)c1. The third-order valence-electron chi connectivity index (χ3n) is 3.08. The lowest BCUT2D eigenvalue weighted by atomic mass is 10.1. The second-order valence-corrected chi connectivity index (χ2v) is 6.32. The van der Waals surface area contributed by atoms with Crippen LogP contribution in [-0.4, -0.2) is 11.7 Å². The first-order valence-corrected chi connectivity index (χ1v) is 8.29. The second kappa shape index (κ2) is 7.89. The van der Waals surface area contributed by atoms with Crippen LogP contribution in [0, 0.1) is 13.8 Å². The number of amides is 1. The van der Waals surface area contributed by atoms with Gasteiger partial charge in [0.1, 0.15) is 0 Å². The number of hydrogen-bond acceptors (Lipinski definition) is 2. The highest BCUT2D eigenvalue weighted by Gasteiger charge is 2.02. The summed E-state index contributed by atoms with van der Waals surface area (Å²) in [4.78, 5) is 11.8. The zero-order valence-corrected chi connectivity index (χ0v) is 13.4. The van der Waals surface area contributed by atoms with Gasteiger partial charge in [-0.2, -0.15) is 11.8 Å². The van der Waals surface area contributed by atoms with Crippen molar-refractivity contribution in [3.05, 3.63) is 65.2 Å². The number of thioether (sulfide) groups is 1. The van der Waals surface area contributed by atoms with Gasteiger partial charge in [0.25, 0.3) is 0 Å². The molecule has 0 aliphatic rings. The van der Waals surface area contributed by atoms with Crippen LogP contribution in [0.25, 0.3) is 0 Å². The van der Waals surface area contributed by atoms with Gasteiger partial charge >= 0.3 is 0 Å². The summed E-state index contributed by atoms with van der Waals surface area (Å²) in [5.41, 5.74) is 4.79. The zero-order valence-electron chi connectivity index (χ0n) is 12.6. The highest BCUT2D eigenvalue weighted by molar-refractivity contribution is 7.98. The molecule has 0 bridgehead atoms. The number of anilines is 1. The fourth-order valence-corrected chi connectivity index (χ4v) is 3.13. The molecule has 0 aliphatic heterocycles. The van der Waals surface area contributed by atoms with Gasteiger partial charge in [0, 0.05) is 23.6 Å². The van der Waals surface area contributed by atoms with Gasteiger partial charge in [-0.25, -0.2) is 0 Å². The molecule has 0 atom stereocenters. The molecule has 2 nitrogen and oxygen atoms in total. The Hall–Kier alpha value is -1.74. The average Bonchev–Trinajstić information content (AvgIpc) is 2.44. The Morgan fingerprint density at radius 3 is 2.38 bits per heavy atom. The van der Waals surface area contributed by atoms with E-state index >= 15 is 0 Å². The molecule has 0 saturated carbocycles. The van der Waals surface area contributed by atoms with Crippen molar-refractivity contribution in [2.45, 2.75) is 26.0 Å². The molecule has 3 heteroatoms. The molecule has 0 heterocycles. The Morgan fingerprint density at radius 1 is 1.05 bits per heavy atom. The fraction of sp³-hybridized carbons (Fsp3) is 0.278. The van der Waals surface area contributed by atoms with E-state index in [1.54, 1.807) is 11.8 Å². The molecule has 0 radical (unpaired) electrons. The number of nitrogens with one attached hydrogen (secondary N) is 1. The summed E-state index contributed by atoms with van der Waals surface area (Å²) in [5.74, 6) is 1.88. The molecule has 0 aliphatic carbocycles. The van der Waals surface area contributed by atoms with Gasteiger partial charge in [-0.1, -0.05) is 47.5 Å². The van der Waals surface area contributed by atoms with E-state index < -0.39 is 0 Å². The van der Waals surface area contributed by atoms with Crippen molar-refractivity contribution in [1.82, 2.24) is 0 Å². The molecular formula is C18H21NOS. The predicted octanol–water partition coefficient (Wildman–Crippen LogP) is 4.57. The summed E-state index contributed by atoms with van der Waals surface area (Å²) in [6.45, 7) is 4.24. The van der Waals surface area contributed by atoms with Crippen LogP contribution in [0.5, 0.6) is 0 Å². The maximum atomic E-state index is 11.8. The van der Waals surface area contributed by atoms with E-state index in [0.717, 1.165) is 17.2 Å². The van der Waals surface area contributed by atoms with Crippen LogP contribution in [0.15, 0.2) is 48.5 Å². The summed E-state index contributed by atoms with van der Waals surface area (Å²) < 4.78 is 0. The van der Waals surface area contributed by atoms with Gasteiger partial charge in [-0.15, -0.1) is 0 Å². The smallest absolute Gasteiger partial charge is 0.225 e. The molecule has 1 N–H and O–H groups in total. The average molecular weight is 299 g/mol. The minimum Gasteiger partial charge on any atom is -0.326 e. The van der Waals surface area contributed by atoms with Crippen molar-refractivity contribution in [1.29, 1.82) is 0 Å². The molecule has 0 spiro atoms. The first-order chi connectivity index (χ1) is 10.1. The van der Waals surface area contributed by atoms with E-state index in [1.165, 1.54) is 16.7 Å². The normalized spacial score (nSPS) is 10.4. The van der Waals surface area contributed by atoms with Gasteiger partial charge < -0.3 is 5.32 Å². The summed E-state index contributed by atoms with van der Waals surface area (Å²) >= 11 is 1.80. The molecular weight excluding hydrogens is 278 g/mol. The van der Waals surface area contributed by atoms with Crippen molar-refractivity contribution in [2.24, 2.45) is 0 Å². The fourth-order valence-electron chi connectivity index (χ4n) is 2.25. The Bertz CT molecular complexity index is 575. The standard InChI is InChI=1S/C18H21NOS/c1-14-10-15(2)12-16(11-14)13-21-9-8-18(20)19-17-6-4-3-5-7-17/h3-7,10-12H,8-9,13H2,1-2H3,(H,19,20). The van der Waals surface area contributed by atoms with Gasteiger partial charge in [0.15, 0.2) is 0 Å². The lowest BCUT2D eigenvalue weighted by Gasteiger charge is -2.06. The van der Waals surface area contributed by atoms with Gasteiger partial charge in [-0.05, 0) is 31.5 Å². The molecule has 2 rings (SSSR count). The second-order valence-electron chi connectivity index (χ2n) is 5.21. The topological polar surface area (TPSA) is 29.1 Å². The number of benzene rings is 2. The zero-order chi connectivity index (χ0) is 15.1. The van der Waals surface area contributed by atoms with Crippen LogP contribution < -0.4 is 5.32 Å². The van der Waals surface area contributed by atoms with E-state index in [9.17, 15) is 4.79 Å². The number of carbonyl (C=O) groups is 1. The van der Waals surface area contributed by atoms with Crippen molar-refractivity contribution < 1.29 is 4.79 Å². The van der Waals surface area contributed by atoms with Crippen molar-refractivity contribution in [3.63, 3.8) is 0 Å². The van der Waals surface area contributed by atoms with E-state index in [4.69, 9.17) is 0 Å². The molecule has 110 valence electrons. The maximum Gasteiger partial charge on any atom is 0.225 e. The minimum atomic E-state index is 0.0779. The van der Waals surface area contributed by atoms with Crippen LogP contribution in [0.2, 0.25) is 0 Å². The van der Waals surface area contributed by atoms with Gasteiger partial charge in [0.05, 0.1) is 0 Å². The Labute approximate surface area is 131 Å². The van der Waals surface area contributed by atoms with Gasteiger partial charge in [0.2, 0.25) is 5.91 Å². The van der Waals surface area contributed by atoms with Crippen LogP contribution in [0.3, 0.4) is 0 Å². The molecule has 0 aromatic heterocycles. The van der Waals surface area contributed by atoms with E-state index in [-0.39, 0.29) is 5.91 Å². The van der Waals surface area contributed by atoms with Crippen LogP contribution >= 0.6 is 11.8 Å². The lowest BCUT2D eigenvalue weighted by Crippen LogP contribution is -2.12. The van der Waals surface area contributed by atoms with E-state index in [0.29, 0.717) is 6.42 Å². The number of carbonyl (C=O) groups excluding carboxylic acids is 1. The first kappa shape index (κ1) is 15.6. The molecule has 2 aromatic carbocycles. The molecule has 0 unspecified atom stereocenters. The third kappa shape index (κ3) is 5.64. The third-order valence-corrected chi connectivity index (χ3v) is 4.11. The predicted molar refractivity (Wildman–Crippen MR) is 91.8 cm³/mol. The van der Waals surface area contributed by atoms with E-state index in [2.05, 4.69) is 37.4 Å². The molecule has 0 fully saturated rings. The maximum absolute atomic E-state index is 11.8. The monoisotopic (exact) mass is 299 g/mol. The number of para-hydroxylation sites is 1. The molecule has 2 aromatic rings.